The largest absolute Gasteiger partial charge is 0.465 e. The fourth-order valence-electron chi connectivity index (χ4n) is 1.90. The van der Waals surface area contributed by atoms with Gasteiger partial charge in [0.1, 0.15) is 0 Å². The first-order chi connectivity index (χ1) is 10.6. The summed E-state index contributed by atoms with van der Waals surface area (Å²) in [5.74, 6) is 0.115. The number of amides is 1. The van der Waals surface area contributed by atoms with Crippen LogP contribution in [-0.4, -0.2) is 30.0 Å². The van der Waals surface area contributed by atoms with Crippen molar-refractivity contribution in [2.24, 2.45) is 0 Å². The smallest absolute Gasteiger partial charge is 0.315 e. The van der Waals surface area contributed by atoms with Gasteiger partial charge in [-0.15, -0.1) is 11.8 Å². The molecule has 0 atom stereocenters. The summed E-state index contributed by atoms with van der Waals surface area (Å²) in [6.07, 6.45) is 4.35. The molecule has 1 aromatic rings. The van der Waals surface area contributed by atoms with E-state index in [9.17, 15) is 9.59 Å². The highest BCUT2D eigenvalue weighted by Crippen LogP contribution is 2.10. The first kappa shape index (κ1) is 18.6. The minimum absolute atomic E-state index is 0.105. The Morgan fingerprint density at radius 2 is 2.00 bits per heavy atom. The van der Waals surface area contributed by atoms with Crippen LogP contribution in [0.5, 0.6) is 0 Å². The van der Waals surface area contributed by atoms with E-state index in [1.165, 1.54) is 24.6 Å². The SMILES string of the molecule is CCCCCCOC(=O)CSCC(=O)Nc1cccc(C)c1. The summed E-state index contributed by atoms with van der Waals surface area (Å²) >= 11 is 1.27. The number of esters is 1. The first-order valence-corrected chi connectivity index (χ1v) is 8.87. The van der Waals surface area contributed by atoms with E-state index in [1.54, 1.807) is 0 Å². The summed E-state index contributed by atoms with van der Waals surface area (Å²) in [5, 5.41) is 2.81. The molecule has 1 aromatic carbocycles. The topological polar surface area (TPSA) is 55.4 Å². The molecule has 1 rings (SSSR count). The van der Waals surface area contributed by atoms with Crippen molar-refractivity contribution in [2.45, 2.75) is 39.5 Å². The van der Waals surface area contributed by atoms with Gasteiger partial charge in [-0.25, -0.2) is 0 Å². The maximum atomic E-state index is 11.8. The van der Waals surface area contributed by atoms with Crippen LogP contribution in [0, 0.1) is 6.92 Å². The van der Waals surface area contributed by atoms with Crippen molar-refractivity contribution < 1.29 is 14.3 Å². The minimum atomic E-state index is -0.246. The van der Waals surface area contributed by atoms with Gasteiger partial charge in [0.15, 0.2) is 0 Å². The molecule has 4 nitrogen and oxygen atoms in total. The Labute approximate surface area is 137 Å². The molecular weight excluding hydrogens is 298 g/mol. The van der Waals surface area contributed by atoms with Gasteiger partial charge >= 0.3 is 5.97 Å². The second kappa shape index (κ2) is 11.1. The summed E-state index contributed by atoms with van der Waals surface area (Å²) in [5.41, 5.74) is 1.88. The van der Waals surface area contributed by atoms with Crippen LogP contribution >= 0.6 is 11.8 Å². The van der Waals surface area contributed by atoms with Gasteiger partial charge in [0, 0.05) is 5.69 Å². The number of unbranched alkanes of at least 4 members (excludes halogenated alkanes) is 3. The molecule has 0 bridgehead atoms. The molecule has 5 heteroatoms. The lowest BCUT2D eigenvalue weighted by Gasteiger charge is -2.06. The molecule has 0 unspecified atom stereocenters. The molecule has 0 aliphatic heterocycles. The van der Waals surface area contributed by atoms with Crippen molar-refractivity contribution in [1.82, 2.24) is 0 Å². The van der Waals surface area contributed by atoms with E-state index in [2.05, 4.69) is 12.2 Å². The normalized spacial score (nSPS) is 10.3. The van der Waals surface area contributed by atoms with E-state index < -0.39 is 0 Å². The maximum Gasteiger partial charge on any atom is 0.315 e. The zero-order valence-corrected chi connectivity index (χ0v) is 14.2. The van der Waals surface area contributed by atoms with E-state index in [0.717, 1.165) is 24.1 Å². The Morgan fingerprint density at radius 3 is 2.73 bits per heavy atom. The Balaban J connectivity index is 2.10. The Bertz CT molecular complexity index is 477. The molecule has 0 radical (unpaired) electrons. The number of hydrogen-bond donors (Lipinski definition) is 1. The lowest BCUT2D eigenvalue weighted by Crippen LogP contribution is -2.16. The number of rotatable bonds is 10. The molecular formula is C17H25NO3S. The number of anilines is 1. The highest BCUT2D eigenvalue weighted by Gasteiger charge is 2.07. The van der Waals surface area contributed by atoms with Crippen LogP contribution in [0.1, 0.15) is 38.2 Å². The molecule has 22 heavy (non-hydrogen) atoms. The molecule has 0 saturated heterocycles. The van der Waals surface area contributed by atoms with Crippen LogP contribution in [0.3, 0.4) is 0 Å². The van der Waals surface area contributed by atoms with Crippen molar-refractivity contribution in [1.29, 1.82) is 0 Å². The van der Waals surface area contributed by atoms with Gasteiger partial charge in [0.05, 0.1) is 18.1 Å². The number of aryl methyl sites for hydroxylation is 1. The molecule has 0 saturated carbocycles. The summed E-state index contributed by atoms with van der Waals surface area (Å²) < 4.78 is 5.11. The third kappa shape index (κ3) is 8.72. The molecule has 122 valence electrons. The highest BCUT2D eigenvalue weighted by molar-refractivity contribution is 8.00. The Morgan fingerprint density at radius 1 is 1.18 bits per heavy atom. The molecule has 0 aliphatic carbocycles. The Hall–Kier alpha value is -1.49. The predicted molar refractivity (Wildman–Crippen MR) is 92.2 cm³/mol. The summed E-state index contributed by atoms with van der Waals surface area (Å²) in [7, 11) is 0. The van der Waals surface area contributed by atoms with Crippen LogP contribution in [0.25, 0.3) is 0 Å². The van der Waals surface area contributed by atoms with Crippen LogP contribution in [-0.2, 0) is 14.3 Å². The first-order valence-electron chi connectivity index (χ1n) is 7.71. The molecule has 0 fully saturated rings. The fourth-order valence-corrected chi connectivity index (χ4v) is 2.51. The second-order valence-corrected chi connectivity index (χ2v) is 6.18. The van der Waals surface area contributed by atoms with Crippen LogP contribution in [0.2, 0.25) is 0 Å². The summed E-state index contributed by atoms with van der Waals surface area (Å²) in [4.78, 5) is 23.2. The van der Waals surface area contributed by atoms with Crippen molar-refractivity contribution in [3.05, 3.63) is 29.8 Å². The van der Waals surface area contributed by atoms with Crippen molar-refractivity contribution in [3.8, 4) is 0 Å². The van der Waals surface area contributed by atoms with Crippen LogP contribution in [0.15, 0.2) is 24.3 Å². The van der Waals surface area contributed by atoms with Gasteiger partial charge < -0.3 is 10.1 Å². The van der Waals surface area contributed by atoms with E-state index in [-0.39, 0.29) is 23.4 Å². The number of ether oxygens (including phenoxy) is 1. The number of thioether (sulfide) groups is 1. The molecule has 1 N–H and O–H groups in total. The maximum absolute atomic E-state index is 11.8. The number of carbonyl (C=O) groups excluding carboxylic acids is 2. The zero-order chi connectivity index (χ0) is 16.2. The second-order valence-electron chi connectivity index (χ2n) is 5.19. The lowest BCUT2D eigenvalue weighted by atomic mass is 10.2. The third-order valence-electron chi connectivity index (χ3n) is 3.02. The molecule has 0 heterocycles. The van der Waals surface area contributed by atoms with Gasteiger partial charge in [-0.05, 0) is 31.0 Å². The molecule has 1 amide bonds. The van der Waals surface area contributed by atoms with Crippen molar-refractivity contribution in [2.75, 3.05) is 23.4 Å². The van der Waals surface area contributed by atoms with Gasteiger partial charge in [0.25, 0.3) is 0 Å². The number of carbonyl (C=O) groups is 2. The monoisotopic (exact) mass is 323 g/mol. The fraction of sp³-hybridized carbons (Fsp3) is 0.529. The summed E-state index contributed by atoms with van der Waals surface area (Å²) in [6.45, 7) is 4.60. The van der Waals surface area contributed by atoms with Crippen molar-refractivity contribution in [3.63, 3.8) is 0 Å². The van der Waals surface area contributed by atoms with E-state index in [1.807, 2.05) is 31.2 Å². The third-order valence-corrected chi connectivity index (χ3v) is 3.92. The summed E-state index contributed by atoms with van der Waals surface area (Å²) in [6, 6.07) is 7.63. The molecule has 0 aromatic heterocycles. The van der Waals surface area contributed by atoms with Gasteiger partial charge in [-0.2, -0.15) is 0 Å². The molecule has 0 aliphatic rings. The van der Waals surface area contributed by atoms with Gasteiger partial charge in [0.2, 0.25) is 5.91 Å². The predicted octanol–water partition coefficient (Wildman–Crippen LogP) is 3.79. The Kier molecular flexibility index (Phi) is 9.39. The van der Waals surface area contributed by atoms with E-state index >= 15 is 0 Å². The van der Waals surface area contributed by atoms with Crippen molar-refractivity contribution >= 4 is 29.3 Å². The molecule has 0 spiro atoms. The quantitative estimate of drug-likeness (QED) is 0.526. The average molecular weight is 323 g/mol. The van der Waals surface area contributed by atoms with Crippen LogP contribution in [0.4, 0.5) is 5.69 Å². The van der Waals surface area contributed by atoms with Crippen LogP contribution < -0.4 is 5.32 Å². The number of nitrogens with one attached hydrogen (secondary N) is 1. The average Bonchev–Trinajstić information content (AvgIpc) is 2.47. The number of hydrogen-bond acceptors (Lipinski definition) is 4. The van der Waals surface area contributed by atoms with Gasteiger partial charge in [-0.1, -0.05) is 38.3 Å². The minimum Gasteiger partial charge on any atom is -0.465 e. The zero-order valence-electron chi connectivity index (χ0n) is 13.4. The van der Waals surface area contributed by atoms with Gasteiger partial charge in [-0.3, -0.25) is 9.59 Å². The highest BCUT2D eigenvalue weighted by atomic mass is 32.2. The van der Waals surface area contributed by atoms with E-state index in [4.69, 9.17) is 4.74 Å². The standard InChI is InChI=1S/C17H25NO3S/c1-3-4-5-6-10-21-17(20)13-22-12-16(19)18-15-9-7-8-14(2)11-15/h7-9,11H,3-6,10,12-13H2,1-2H3,(H,18,19). The van der Waals surface area contributed by atoms with E-state index in [0.29, 0.717) is 6.61 Å². The lowest BCUT2D eigenvalue weighted by molar-refractivity contribution is -0.140. The number of benzene rings is 1.